The van der Waals surface area contributed by atoms with Crippen molar-refractivity contribution >= 4 is 5.78 Å². The summed E-state index contributed by atoms with van der Waals surface area (Å²) in [5.41, 5.74) is 0.307. The average molecular weight is 347 g/mol. The van der Waals surface area contributed by atoms with Gasteiger partial charge in [-0.1, -0.05) is 13.8 Å². The molecule has 0 aromatic carbocycles. The summed E-state index contributed by atoms with van der Waals surface area (Å²) in [7, 11) is 0. The molecule has 0 unspecified atom stereocenters. The van der Waals surface area contributed by atoms with Crippen LogP contribution in [0.2, 0.25) is 0 Å². The van der Waals surface area contributed by atoms with Crippen molar-refractivity contribution in [3.05, 3.63) is 0 Å². The first kappa shape index (κ1) is 18.0. The molecule has 4 aliphatic carbocycles. The SMILES string of the molecule is CC[C@]12CC[C@H]3[C@@H](CC[C@@H]4C[C@](C)(O)CC[C@@]43C)[C@@H]1CC[C@@H]2C(C)=O. The van der Waals surface area contributed by atoms with Crippen LogP contribution in [-0.2, 0) is 4.79 Å². The monoisotopic (exact) mass is 346 g/mol. The molecular weight excluding hydrogens is 308 g/mol. The van der Waals surface area contributed by atoms with Gasteiger partial charge in [0.05, 0.1) is 5.60 Å². The Morgan fingerprint density at radius 1 is 1.00 bits per heavy atom. The van der Waals surface area contributed by atoms with Crippen LogP contribution in [0.3, 0.4) is 0 Å². The molecule has 1 N–H and O–H groups in total. The Balaban J connectivity index is 1.63. The Bertz CT molecular complexity index is 552. The molecule has 25 heavy (non-hydrogen) atoms. The number of hydrogen-bond acceptors (Lipinski definition) is 2. The summed E-state index contributed by atoms with van der Waals surface area (Å²) in [5, 5.41) is 10.6. The Morgan fingerprint density at radius 2 is 1.76 bits per heavy atom. The highest BCUT2D eigenvalue weighted by atomic mass is 16.3. The van der Waals surface area contributed by atoms with Crippen LogP contribution < -0.4 is 0 Å². The van der Waals surface area contributed by atoms with Crippen molar-refractivity contribution in [1.82, 2.24) is 0 Å². The summed E-state index contributed by atoms with van der Waals surface area (Å²) >= 11 is 0. The van der Waals surface area contributed by atoms with Gasteiger partial charge in [-0.25, -0.2) is 0 Å². The third-order valence-corrected chi connectivity index (χ3v) is 9.82. The molecular formula is C23H38O2. The molecule has 0 saturated heterocycles. The first-order valence-corrected chi connectivity index (χ1v) is 11.0. The lowest BCUT2D eigenvalue weighted by Gasteiger charge is -2.62. The number of ketones is 1. The van der Waals surface area contributed by atoms with Gasteiger partial charge in [-0.05, 0) is 113 Å². The summed E-state index contributed by atoms with van der Waals surface area (Å²) in [6.07, 6.45) is 12.1. The van der Waals surface area contributed by atoms with E-state index < -0.39 is 5.60 Å². The van der Waals surface area contributed by atoms with E-state index in [1.165, 1.54) is 44.9 Å². The summed E-state index contributed by atoms with van der Waals surface area (Å²) < 4.78 is 0. The number of carbonyl (C=O) groups is 1. The van der Waals surface area contributed by atoms with Crippen molar-refractivity contribution in [3.8, 4) is 0 Å². The highest BCUT2D eigenvalue weighted by Gasteiger charge is 2.62. The van der Waals surface area contributed by atoms with Gasteiger partial charge in [0.25, 0.3) is 0 Å². The van der Waals surface area contributed by atoms with Gasteiger partial charge >= 0.3 is 0 Å². The van der Waals surface area contributed by atoms with Gasteiger partial charge in [-0.3, -0.25) is 4.79 Å². The van der Waals surface area contributed by atoms with Crippen molar-refractivity contribution in [2.45, 2.75) is 97.5 Å². The molecule has 0 spiro atoms. The molecule has 8 atom stereocenters. The van der Waals surface area contributed by atoms with E-state index in [0.717, 1.165) is 37.0 Å². The zero-order valence-corrected chi connectivity index (χ0v) is 16.8. The number of aliphatic hydroxyl groups is 1. The van der Waals surface area contributed by atoms with E-state index in [9.17, 15) is 9.90 Å². The zero-order chi connectivity index (χ0) is 18.0. The van der Waals surface area contributed by atoms with E-state index >= 15 is 0 Å². The fourth-order valence-electron chi connectivity index (χ4n) is 8.54. The highest BCUT2D eigenvalue weighted by Crippen LogP contribution is 2.68. The second-order valence-electron chi connectivity index (χ2n) is 10.7. The zero-order valence-electron chi connectivity index (χ0n) is 16.8. The molecule has 4 aliphatic rings. The first-order chi connectivity index (χ1) is 11.7. The van der Waals surface area contributed by atoms with Crippen molar-refractivity contribution in [2.24, 2.45) is 40.4 Å². The molecule has 0 aromatic rings. The van der Waals surface area contributed by atoms with Crippen LogP contribution >= 0.6 is 0 Å². The number of fused-ring (bicyclic) bond motifs is 5. The highest BCUT2D eigenvalue weighted by molar-refractivity contribution is 5.79. The maximum atomic E-state index is 12.4. The van der Waals surface area contributed by atoms with Gasteiger partial charge in [0, 0.05) is 5.92 Å². The molecule has 0 bridgehead atoms. The molecule has 0 heterocycles. The van der Waals surface area contributed by atoms with Crippen molar-refractivity contribution in [3.63, 3.8) is 0 Å². The standard InChI is InChI=1S/C23H38O2/c1-5-23-11-10-19-17(20(23)9-8-18(23)15(2)24)7-6-16-14-21(3,25)12-13-22(16,19)4/h16-20,25H,5-14H2,1-4H3/t16-,17-,18-,19+,20+,21-,22+,23-/m1/s1. The number of rotatable bonds is 2. The maximum absolute atomic E-state index is 12.4. The molecule has 4 fully saturated rings. The van der Waals surface area contributed by atoms with E-state index in [-0.39, 0.29) is 0 Å². The minimum absolute atomic E-state index is 0.316. The van der Waals surface area contributed by atoms with E-state index in [1.54, 1.807) is 0 Å². The Hall–Kier alpha value is -0.370. The third-order valence-electron chi connectivity index (χ3n) is 9.82. The number of Topliss-reactive ketones (excluding diaryl/α,β-unsaturated/α-hetero) is 1. The fraction of sp³-hybridized carbons (Fsp3) is 0.957. The van der Waals surface area contributed by atoms with Crippen LogP contribution in [0.25, 0.3) is 0 Å². The lowest BCUT2D eigenvalue weighted by molar-refractivity contribution is -0.153. The van der Waals surface area contributed by atoms with E-state index in [0.29, 0.717) is 28.4 Å². The van der Waals surface area contributed by atoms with Gasteiger partial charge in [-0.2, -0.15) is 0 Å². The fourth-order valence-corrected chi connectivity index (χ4v) is 8.54. The van der Waals surface area contributed by atoms with Gasteiger partial charge in [0.2, 0.25) is 0 Å². The topological polar surface area (TPSA) is 37.3 Å². The van der Waals surface area contributed by atoms with E-state index in [2.05, 4.69) is 20.8 Å². The predicted octanol–water partition coefficient (Wildman–Crippen LogP) is 5.38. The van der Waals surface area contributed by atoms with E-state index in [1.807, 2.05) is 6.92 Å². The van der Waals surface area contributed by atoms with Crippen molar-refractivity contribution in [2.75, 3.05) is 0 Å². The Labute approximate surface area is 154 Å². The minimum Gasteiger partial charge on any atom is -0.390 e. The summed E-state index contributed by atoms with van der Waals surface area (Å²) in [4.78, 5) is 12.4. The largest absolute Gasteiger partial charge is 0.390 e. The molecule has 2 heteroatoms. The number of carbonyl (C=O) groups excluding carboxylic acids is 1. The first-order valence-electron chi connectivity index (χ1n) is 11.0. The van der Waals surface area contributed by atoms with Gasteiger partial charge in [-0.15, -0.1) is 0 Å². The van der Waals surface area contributed by atoms with Gasteiger partial charge < -0.3 is 5.11 Å². The molecule has 2 nitrogen and oxygen atoms in total. The smallest absolute Gasteiger partial charge is 0.133 e. The van der Waals surface area contributed by atoms with Gasteiger partial charge in [0.15, 0.2) is 0 Å². The maximum Gasteiger partial charge on any atom is 0.133 e. The van der Waals surface area contributed by atoms with Crippen LogP contribution in [0, 0.1) is 40.4 Å². The summed E-state index contributed by atoms with van der Waals surface area (Å²) in [5.74, 6) is 3.94. The van der Waals surface area contributed by atoms with Crippen LogP contribution in [0.4, 0.5) is 0 Å². The predicted molar refractivity (Wildman–Crippen MR) is 101 cm³/mol. The Morgan fingerprint density at radius 3 is 2.44 bits per heavy atom. The van der Waals surface area contributed by atoms with Crippen molar-refractivity contribution < 1.29 is 9.90 Å². The number of hydrogen-bond donors (Lipinski definition) is 1. The second-order valence-corrected chi connectivity index (χ2v) is 10.7. The molecule has 0 aromatic heterocycles. The minimum atomic E-state index is -0.439. The molecule has 0 radical (unpaired) electrons. The molecule has 0 amide bonds. The lowest BCUT2D eigenvalue weighted by atomic mass is 9.43. The van der Waals surface area contributed by atoms with Crippen molar-refractivity contribution in [1.29, 1.82) is 0 Å². The average Bonchev–Trinajstić information content (AvgIpc) is 2.95. The van der Waals surface area contributed by atoms with Crippen LogP contribution in [0.1, 0.15) is 91.9 Å². The van der Waals surface area contributed by atoms with Crippen LogP contribution in [0.5, 0.6) is 0 Å². The quantitative estimate of drug-likeness (QED) is 0.729. The normalized spacial score (nSPS) is 55.2. The second kappa shape index (κ2) is 5.81. The van der Waals surface area contributed by atoms with E-state index in [4.69, 9.17) is 0 Å². The van der Waals surface area contributed by atoms with Gasteiger partial charge in [0.1, 0.15) is 5.78 Å². The molecule has 4 rings (SSSR count). The summed E-state index contributed by atoms with van der Waals surface area (Å²) in [6, 6.07) is 0. The molecule has 142 valence electrons. The van der Waals surface area contributed by atoms with Crippen LogP contribution in [-0.4, -0.2) is 16.5 Å². The Kier molecular flexibility index (Phi) is 4.19. The molecule has 4 saturated carbocycles. The lowest BCUT2D eigenvalue weighted by Crippen LogP contribution is -2.56. The van der Waals surface area contributed by atoms with Crippen LogP contribution in [0.15, 0.2) is 0 Å². The third kappa shape index (κ3) is 2.49. The molecule has 0 aliphatic heterocycles. The summed E-state index contributed by atoms with van der Waals surface area (Å²) in [6.45, 7) is 8.80.